The van der Waals surface area contributed by atoms with Crippen LogP contribution >= 0.6 is 0 Å². The number of nitrogens with one attached hydrogen (secondary N) is 2. The van der Waals surface area contributed by atoms with Gasteiger partial charge in [-0.25, -0.2) is 0 Å². The lowest BCUT2D eigenvalue weighted by Crippen LogP contribution is -2.54. The highest BCUT2D eigenvalue weighted by Gasteiger charge is 2.25. The number of carbonyl (C=O) groups excluding carboxylic acids is 2. The number of nitrogens with zero attached hydrogens (tertiary/aromatic N) is 1. The molecule has 0 bridgehead atoms. The fraction of sp³-hybridized carbons (Fsp3) is 0.867. The first-order chi connectivity index (χ1) is 9.95. The summed E-state index contributed by atoms with van der Waals surface area (Å²) in [5, 5.41) is 6.04. The van der Waals surface area contributed by atoms with Crippen molar-refractivity contribution >= 4 is 11.8 Å². The zero-order valence-corrected chi connectivity index (χ0v) is 13.6. The number of ether oxygens (including phenoxy) is 1. The molecule has 0 radical (unpaired) electrons. The molecule has 0 aromatic rings. The number of hydrogen-bond donors (Lipinski definition) is 2. The highest BCUT2D eigenvalue weighted by atomic mass is 16.5. The third kappa shape index (κ3) is 6.01. The van der Waals surface area contributed by atoms with E-state index in [1.807, 2.05) is 6.92 Å². The topological polar surface area (TPSA) is 70.7 Å². The molecule has 0 spiro atoms. The summed E-state index contributed by atoms with van der Waals surface area (Å²) < 4.78 is 5.24. The second-order valence-corrected chi connectivity index (χ2v) is 5.75. The van der Waals surface area contributed by atoms with E-state index >= 15 is 0 Å². The van der Waals surface area contributed by atoms with Crippen LogP contribution in [0.15, 0.2) is 0 Å². The van der Waals surface area contributed by atoms with E-state index in [4.69, 9.17) is 4.74 Å². The summed E-state index contributed by atoms with van der Waals surface area (Å²) in [6.45, 7) is 10.1. The zero-order chi connectivity index (χ0) is 15.8. The lowest BCUT2D eigenvalue weighted by molar-refractivity contribution is -0.137. The van der Waals surface area contributed by atoms with Gasteiger partial charge in [-0.05, 0) is 27.2 Å². The van der Waals surface area contributed by atoms with Gasteiger partial charge in [0.05, 0.1) is 25.3 Å². The van der Waals surface area contributed by atoms with Gasteiger partial charge in [-0.2, -0.15) is 0 Å². The molecule has 122 valence electrons. The molecule has 0 aromatic carbocycles. The van der Waals surface area contributed by atoms with Crippen molar-refractivity contribution in [2.45, 2.75) is 58.7 Å². The molecule has 6 heteroatoms. The van der Waals surface area contributed by atoms with Crippen LogP contribution in [-0.4, -0.2) is 61.1 Å². The van der Waals surface area contributed by atoms with Crippen molar-refractivity contribution in [2.24, 2.45) is 0 Å². The third-order valence-electron chi connectivity index (χ3n) is 3.70. The Kier molecular flexibility index (Phi) is 7.67. The van der Waals surface area contributed by atoms with Crippen molar-refractivity contribution in [3.05, 3.63) is 0 Å². The molecular weight excluding hydrogens is 270 g/mol. The van der Waals surface area contributed by atoms with Crippen molar-refractivity contribution in [3.8, 4) is 0 Å². The van der Waals surface area contributed by atoms with Crippen LogP contribution in [0.2, 0.25) is 0 Å². The largest absolute Gasteiger partial charge is 0.378 e. The van der Waals surface area contributed by atoms with E-state index in [1.165, 1.54) is 0 Å². The van der Waals surface area contributed by atoms with E-state index in [0.717, 1.165) is 12.8 Å². The van der Waals surface area contributed by atoms with E-state index in [-0.39, 0.29) is 29.9 Å². The Balaban J connectivity index is 2.39. The molecule has 1 fully saturated rings. The quantitative estimate of drug-likeness (QED) is 0.719. The average molecular weight is 299 g/mol. The standard InChI is InChI=1S/C15H29N3O3/c1-5-6-11(2)16-14(19)12(3)17-13(4)15(20)18-7-9-21-10-8-18/h11-13,17H,5-10H2,1-4H3,(H,16,19). The minimum atomic E-state index is -0.385. The maximum Gasteiger partial charge on any atom is 0.239 e. The summed E-state index contributed by atoms with van der Waals surface area (Å²) in [7, 11) is 0. The van der Waals surface area contributed by atoms with Crippen LogP contribution in [0.1, 0.15) is 40.5 Å². The van der Waals surface area contributed by atoms with Gasteiger partial charge in [0.25, 0.3) is 0 Å². The fourth-order valence-corrected chi connectivity index (χ4v) is 2.45. The molecule has 1 rings (SSSR count). The van der Waals surface area contributed by atoms with Gasteiger partial charge in [0.1, 0.15) is 0 Å². The number of rotatable bonds is 7. The molecular formula is C15H29N3O3. The van der Waals surface area contributed by atoms with Gasteiger partial charge in [0.15, 0.2) is 0 Å². The molecule has 0 aliphatic carbocycles. The summed E-state index contributed by atoms with van der Waals surface area (Å²) in [4.78, 5) is 26.1. The number of morpholine rings is 1. The van der Waals surface area contributed by atoms with Gasteiger partial charge < -0.3 is 15.0 Å². The molecule has 2 amide bonds. The van der Waals surface area contributed by atoms with Crippen molar-refractivity contribution < 1.29 is 14.3 Å². The van der Waals surface area contributed by atoms with Crippen LogP contribution in [0.5, 0.6) is 0 Å². The molecule has 1 heterocycles. The maximum atomic E-state index is 12.3. The Hall–Kier alpha value is -1.14. The minimum Gasteiger partial charge on any atom is -0.378 e. The van der Waals surface area contributed by atoms with Crippen LogP contribution in [0, 0.1) is 0 Å². The van der Waals surface area contributed by atoms with E-state index in [9.17, 15) is 9.59 Å². The second kappa shape index (κ2) is 9.00. The highest BCUT2D eigenvalue weighted by molar-refractivity contribution is 5.85. The normalized spacial score (nSPS) is 19.7. The maximum absolute atomic E-state index is 12.3. The minimum absolute atomic E-state index is 0.0274. The predicted molar refractivity (Wildman–Crippen MR) is 82.0 cm³/mol. The molecule has 0 saturated carbocycles. The van der Waals surface area contributed by atoms with Crippen molar-refractivity contribution in [1.82, 2.24) is 15.5 Å². The predicted octanol–water partition coefficient (Wildman–Crippen LogP) is 0.517. The third-order valence-corrected chi connectivity index (χ3v) is 3.70. The van der Waals surface area contributed by atoms with E-state index < -0.39 is 0 Å². The lowest BCUT2D eigenvalue weighted by atomic mass is 10.1. The van der Waals surface area contributed by atoms with Gasteiger partial charge in [-0.1, -0.05) is 13.3 Å². The average Bonchev–Trinajstić information content (AvgIpc) is 2.47. The molecule has 0 aromatic heterocycles. The molecule has 1 aliphatic heterocycles. The van der Waals surface area contributed by atoms with E-state index in [0.29, 0.717) is 26.3 Å². The highest BCUT2D eigenvalue weighted by Crippen LogP contribution is 2.02. The summed E-state index contributed by atoms with van der Waals surface area (Å²) in [5.41, 5.74) is 0. The van der Waals surface area contributed by atoms with Gasteiger partial charge in [0.2, 0.25) is 11.8 Å². The monoisotopic (exact) mass is 299 g/mol. The van der Waals surface area contributed by atoms with Crippen LogP contribution in [0.4, 0.5) is 0 Å². The van der Waals surface area contributed by atoms with Crippen LogP contribution in [0.25, 0.3) is 0 Å². The first kappa shape index (κ1) is 17.9. The molecule has 3 atom stereocenters. The van der Waals surface area contributed by atoms with Crippen LogP contribution < -0.4 is 10.6 Å². The van der Waals surface area contributed by atoms with Gasteiger partial charge in [-0.3, -0.25) is 14.9 Å². The zero-order valence-electron chi connectivity index (χ0n) is 13.6. The molecule has 3 unspecified atom stereocenters. The number of amides is 2. The fourth-order valence-electron chi connectivity index (χ4n) is 2.45. The van der Waals surface area contributed by atoms with Crippen molar-refractivity contribution in [3.63, 3.8) is 0 Å². The van der Waals surface area contributed by atoms with Crippen molar-refractivity contribution in [1.29, 1.82) is 0 Å². The van der Waals surface area contributed by atoms with Gasteiger partial charge in [0, 0.05) is 19.1 Å². The number of carbonyl (C=O) groups is 2. The Morgan fingerprint density at radius 1 is 1.14 bits per heavy atom. The number of hydrogen-bond acceptors (Lipinski definition) is 4. The van der Waals surface area contributed by atoms with Gasteiger partial charge >= 0.3 is 0 Å². The van der Waals surface area contributed by atoms with Crippen LogP contribution in [-0.2, 0) is 14.3 Å². The smallest absolute Gasteiger partial charge is 0.239 e. The molecule has 2 N–H and O–H groups in total. The van der Waals surface area contributed by atoms with Crippen LogP contribution in [0.3, 0.4) is 0 Å². The Morgan fingerprint density at radius 3 is 2.33 bits per heavy atom. The van der Waals surface area contributed by atoms with Gasteiger partial charge in [-0.15, -0.1) is 0 Å². The lowest BCUT2D eigenvalue weighted by Gasteiger charge is -2.30. The Labute approximate surface area is 127 Å². The van der Waals surface area contributed by atoms with E-state index in [1.54, 1.807) is 18.7 Å². The molecule has 1 aliphatic rings. The SMILES string of the molecule is CCCC(C)NC(=O)C(C)NC(C)C(=O)N1CCOCC1. The summed E-state index contributed by atoms with van der Waals surface area (Å²) in [6.07, 6.45) is 2.00. The first-order valence-corrected chi connectivity index (χ1v) is 7.88. The molecule has 21 heavy (non-hydrogen) atoms. The summed E-state index contributed by atoms with van der Waals surface area (Å²) in [6, 6.07) is -0.591. The molecule has 1 saturated heterocycles. The molecule has 6 nitrogen and oxygen atoms in total. The van der Waals surface area contributed by atoms with E-state index in [2.05, 4.69) is 17.6 Å². The Morgan fingerprint density at radius 2 is 1.76 bits per heavy atom. The Bertz CT molecular complexity index is 343. The summed E-state index contributed by atoms with van der Waals surface area (Å²) in [5.74, 6) is -0.0304. The van der Waals surface area contributed by atoms with Crippen molar-refractivity contribution in [2.75, 3.05) is 26.3 Å². The first-order valence-electron chi connectivity index (χ1n) is 7.88. The second-order valence-electron chi connectivity index (χ2n) is 5.75. The summed E-state index contributed by atoms with van der Waals surface area (Å²) >= 11 is 0.